The minimum absolute atomic E-state index is 0.0911. The molecule has 0 aliphatic carbocycles. The first-order valence-electron chi connectivity index (χ1n) is 9.61. The average molecular weight is 412 g/mol. The second-order valence-corrected chi connectivity index (χ2v) is 7.19. The van der Waals surface area contributed by atoms with E-state index < -0.39 is 11.7 Å². The Morgan fingerprint density at radius 1 is 1.03 bits per heavy atom. The zero-order chi connectivity index (χ0) is 21.1. The summed E-state index contributed by atoms with van der Waals surface area (Å²) in [6.45, 7) is 1.06. The summed E-state index contributed by atoms with van der Waals surface area (Å²) in [6.07, 6.45) is 3.28. The highest BCUT2D eigenvalue weighted by Crippen LogP contribution is 2.35. The van der Waals surface area contributed by atoms with Gasteiger partial charge in [-0.05, 0) is 37.1 Å². The molecule has 1 atom stereocenters. The predicted molar refractivity (Wildman–Crippen MR) is 105 cm³/mol. The summed E-state index contributed by atoms with van der Waals surface area (Å²) in [5, 5.41) is 0. The van der Waals surface area contributed by atoms with E-state index in [1.807, 2.05) is 0 Å². The molecular weight excluding hydrogens is 393 g/mol. The van der Waals surface area contributed by atoms with Crippen LogP contribution in [-0.4, -0.2) is 38.8 Å². The molecule has 30 heavy (non-hydrogen) atoms. The summed E-state index contributed by atoms with van der Waals surface area (Å²) >= 11 is 0. The third-order valence-electron chi connectivity index (χ3n) is 5.21. The number of carbonyl (C=O) groups is 1. The zero-order valence-corrected chi connectivity index (χ0v) is 16.0. The third kappa shape index (κ3) is 4.17. The lowest BCUT2D eigenvalue weighted by molar-refractivity contribution is -0.137. The topological polar surface area (TPSA) is 59.0 Å². The Bertz CT molecular complexity index is 1040. The number of aromatic nitrogens is 3. The molecule has 0 bridgehead atoms. The smallest absolute Gasteiger partial charge is 0.338 e. The molecule has 1 amide bonds. The van der Waals surface area contributed by atoms with Crippen molar-refractivity contribution in [2.24, 2.45) is 0 Å². The van der Waals surface area contributed by atoms with E-state index >= 15 is 0 Å². The fourth-order valence-electron chi connectivity index (χ4n) is 3.77. The van der Waals surface area contributed by atoms with Gasteiger partial charge in [0.2, 0.25) is 0 Å². The highest BCUT2D eigenvalue weighted by atomic mass is 19.4. The van der Waals surface area contributed by atoms with Crippen molar-refractivity contribution < 1.29 is 18.0 Å². The molecule has 0 N–H and O–H groups in total. The Morgan fingerprint density at radius 2 is 1.80 bits per heavy atom. The maximum atomic E-state index is 13.2. The van der Waals surface area contributed by atoms with Gasteiger partial charge in [0.15, 0.2) is 0 Å². The van der Waals surface area contributed by atoms with Gasteiger partial charge in [0.05, 0.1) is 17.0 Å². The number of halogens is 3. The van der Waals surface area contributed by atoms with E-state index in [-0.39, 0.29) is 11.8 Å². The summed E-state index contributed by atoms with van der Waals surface area (Å²) in [5.41, 5.74) is 1.24. The van der Waals surface area contributed by atoms with E-state index in [2.05, 4.69) is 15.0 Å². The molecule has 8 heteroatoms. The van der Waals surface area contributed by atoms with E-state index in [0.717, 1.165) is 25.0 Å². The molecule has 3 heterocycles. The molecule has 154 valence electrons. The number of alkyl halides is 3. The Hall–Kier alpha value is -3.29. The lowest BCUT2D eigenvalue weighted by Gasteiger charge is -2.33. The van der Waals surface area contributed by atoms with E-state index in [1.54, 1.807) is 35.5 Å². The van der Waals surface area contributed by atoms with Gasteiger partial charge in [-0.15, -0.1) is 0 Å². The maximum Gasteiger partial charge on any atom is 0.416 e. The van der Waals surface area contributed by atoms with Gasteiger partial charge < -0.3 is 4.90 Å². The number of benzene rings is 1. The van der Waals surface area contributed by atoms with E-state index in [0.29, 0.717) is 35.6 Å². The molecule has 1 aromatic carbocycles. The molecule has 3 aromatic rings. The van der Waals surface area contributed by atoms with E-state index in [4.69, 9.17) is 0 Å². The second kappa shape index (κ2) is 8.22. The summed E-state index contributed by atoms with van der Waals surface area (Å²) < 4.78 is 39.5. The van der Waals surface area contributed by atoms with Crippen LogP contribution >= 0.6 is 0 Å². The van der Waals surface area contributed by atoms with Crippen LogP contribution in [0, 0.1) is 0 Å². The Kier molecular flexibility index (Phi) is 5.48. The highest BCUT2D eigenvalue weighted by molar-refractivity contribution is 5.94. The van der Waals surface area contributed by atoms with Crippen LogP contribution in [0.1, 0.15) is 40.4 Å². The number of amides is 1. The minimum atomic E-state index is -4.43. The Morgan fingerprint density at radius 3 is 2.57 bits per heavy atom. The minimum Gasteiger partial charge on any atom is -0.338 e. The SMILES string of the molecule is O=C(c1ccncc1)N1CCC[C@@H](c2nccnc2-c2cccc(C(F)(F)F)c2)C1. The molecule has 2 aromatic heterocycles. The molecule has 1 fully saturated rings. The summed E-state index contributed by atoms with van der Waals surface area (Å²) in [5.74, 6) is -0.200. The third-order valence-corrected chi connectivity index (χ3v) is 5.21. The summed E-state index contributed by atoms with van der Waals surface area (Å²) in [7, 11) is 0. The van der Waals surface area contributed by atoms with E-state index in [1.165, 1.54) is 18.5 Å². The van der Waals surface area contributed by atoms with Crippen LogP contribution < -0.4 is 0 Å². The Labute approximate surface area is 171 Å². The van der Waals surface area contributed by atoms with E-state index in [9.17, 15) is 18.0 Å². The number of hydrogen-bond acceptors (Lipinski definition) is 4. The number of carbonyl (C=O) groups excluding carboxylic acids is 1. The van der Waals surface area contributed by atoms with Crippen LogP contribution in [0.4, 0.5) is 13.2 Å². The molecule has 1 saturated heterocycles. The second-order valence-electron chi connectivity index (χ2n) is 7.19. The van der Waals surface area contributed by atoms with Gasteiger partial charge in [0.1, 0.15) is 0 Å². The normalized spacial score (nSPS) is 17.0. The van der Waals surface area contributed by atoms with Crippen molar-refractivity contribution in [2.75, 3.05) is 13.1 Å². The van der Waals surface area contributed by atoms with Gasteiger partial charge in [0, 0.05) is 54.9 Å². The van der Waals surface area contributed by atoms with Crippen molar-refractivity contribution in [1.82, 2.24) is 19.9 Å². The quantitative estimate of drug-likeness (QED) is 0.632. The molecule has 0 radical (unpaired) electrons. The largest absolute Gasteiger partial charge is 0.416 e. The fraction of sp³-hybridized carbons (Fsp3) is 0.273. The van der Waals surface area contributed by atoms with Crippen LogP contribution in [0.25, 0.3) is 11.3 Å². The zero-order valence-electron chi connectivity index (χ0n) is 16.0. The van der Waals surface area contributed by atoms with Gasteiger partial charge in [-0.1, -0.05) is 12.1 Å². The highest BCUT2D eigenvalue weighted by Gasteiger charge is 2.32. The van der Waals surface area contributed by atoms with Crippen molar-refractivity contribution in [3.05, 3.63) is 78.0 Å². The first kappa shape index (κ1) is 20.0. The van der Waals surface area contributed by atoms with Crippen molar-refractivity contribution in [1.29, 1.82) is 0 Å². The first-order valence-corrected chi connectivity index (χ1v) is 9.61. The predicted octanol–water partition coefficient (Wildman–Crippen LogP) is 4.58. The van der Waals surface area contributed by atoms with Gasteiger partial charge in [-0.3, -0.25) is 19.7 Å². The molecule has 4 rings (SSSR count). The monoisotopic (exact) mass is 412 g/mol. The average Bonchev–Trinajstić information content (AvgIpc) is 2.79. The van der Waals surface area contributed by atoms with Gasteiger partial charge >= 0.3 is 6.18 Å². The van der Waals surface area contributed by atoms with Gasteiger partial charge in [0.25, 0.3) is 5.91 Å². The molecule has 0 saturated carbocycles. The Balaban J connectivity index is 1.63. The lowest BCUT2D eigenvalue weighted by atomic mass is 9.91. The van der Waals surface area contributed by atoms with Gasteiger partial charge in [-0.2, -0.15) is 13.2 Å². The van der Waals surface area contributed by atoms with Gasteiger partial charge in [-0.25, -0.2) is 0 Å². The number of rotatable bonds is 3. The van der Waals surface area contributed by atoms with Crippen molar-refractivity contribution in [3.8, 4) is 11.3 Å². The molecule has 1 aliphatic heterocycles. The summed E-state index contributed by atoms with van der Waals surface area (Å²) in [4.78, 5) is 27.3. The number of hydrogen-bond donors (Lipinski definition) is 0. The van der Waals surface area contributed by atoms with Crippen LogP contribution in [0.2, 0.25) is 0 Å². The lowest BCUT2D eigenvalue weighted by Crippen LogP contribution is -2.39. The number of piperidine rings is 1. The van der Waals surface area contributed by atoms with Crippen molar-refractivity contribution >= 4 is 5.91 Å². The molecule has 0 unspecified atom stereocenters. The van der Waals surface area contributed by atoms with Crippen LogP contribution in [0.3, 0.4) is 0 Å². The maximum absolute atomic E-state index is 13.2. The molecule has 0 spiro atoms. The van der Waals surface area contributed by atoms with Crippen LogP contribution in [0.15, 0.2) is 61.2 Å². The standard InChI is InChI=1S/C22H19F3N4O/c23-22(24,25)18-5-1-3-16(13-18)19-20(28-11-10-27-19)17-4-2-12-29(14-17)21(30)15-6-8-26-9-7-15/h1,3,5-11,13,17H,2,4,12,14H2/t17-/m1/s1. The van der Waals surface area contributed by atoms with Crippen molar-refractivity contribution in [2.45, 2.75) is 24.9 Å². The molecule has 5 nitrogen and oxygen atoms in total. The molecule has 1 aliphatic rings. The van der Waals surface area contributed by atoms with Crippen LogP contribution in [-0.2, 0) is 6.18 Å². The number of likely N-dealkylation sites (tertiary alicyclic amines) is 1. The summed E-state index contributed by atoms with van der Waals surface area (Å²) in [6, 6.07) is 8.44. The molecular formula is C22H19F3N4O. The number of nitrogens with zero attached hydrogens (tertiary/aromatic N) is 4. The van der Waals surface area contributed by atoms with Crippen molar-refractivity contribution in [3.63, 3.8) is 0 Å². The fourth-order valence-corrected chi connectivity index (χ4v) is 3.77. The first-order chi connectivity index (χ1) is 14.4. The number of pyridine rings is 1. The van der Waals surface area contributed by atoms with Crippen LogP contribution in [0.5, 0.6) is 0 Å².